The topological polar surface area (TPSA) is 61.6 Å². The minimum Gasteiger partial charge on any atom is -0.503 e. The highest BCUT2D eigenvalue weighted by atomic mass is 32.2. The molecule has 0 aliphatic rings. The first-order valence-corrected chi connectivity index (χ1v) is 8.59. The van der Waals surface area contributed by atoms with E-state index in [4.69, 9.17) is 13.9 Å². The zero-order valence-electron chi connectivity index (χ0n) is 13.9. The molecule has 0 amide bonds. The lowest BCUT2D eigenvalue weighted by Crippen LogP contribution is -2.06. The molecule has 0 aliphatic carbocycles. The van der Waals surface area contributed by atoms with Crippen LogP contribution in [0.2, 0.25) is 0 Å². The average molecular weight is 355 g/mol. The van der Waals surface area contributed by atoms with Crippen LogP contribution in [-0.4, -0.2) is 25.2 Å². The average Bonchev–Trinajstić information content (AvgIpc) is 3.07. The van der Waals surface area contributed by atoms with Gasteiger partial charge in [-0.25, -0.2) is 9.78 Å². The highest BCUT2D eigenvalue weighted by Gasteiger charge is 2.17. The van der Waals surface area contributed by atoms with Crippen molar-refractivity contribution >= 4 is 34.4 Å². The fourth-order valence-electron chi connectivity index (χ4n) is 2.41. The molecule has 6 heteroatoms. The summed E-state index contributed by atoms with van der Waals surface area (Å²) < 4.78 is 15.6. The molecule has 0 saturated carbocycles. The molecule has 0 aliphatic heterocycles. The predicted molar refractivity (Wildman–Crippen MR) is 97.0 cm³/mol. The molecule has 1 heterocycles. The third kappa shape index (κ3) is 3.85. The van der Waals surface area contributed by atoms with Crippen LogP contribution in [0.4, 0.5) is 0 Å². The van der Waals surface area contributed by atoms with Crippen molar-refractivity contribution in [3.05, 3.63) is 65.9 Å². The molecule has 0 fully saturated rings. The summed E-state index contributed by atoms with van der Waals surface area (Å²) in [6.07, 6.45) is 1.40. The molecular weight excluding hydrogens is 338 g/mol. The Morgan fingerprint density at radius 2 is 1.92 bits per heavy atom. The number of oxazole rings is 1. The Labute approximate surface area is 149 Å². The second-order valence-corrected chi connectivity index (χ2v) is 6.08. The zero-order valence-corrected chi connectivity index (χ0v) is 14.7. The fraction of sp³-hybridized carbons (Fsp3) is 0.158. The molecule has 0 spiro atoms. The molecule has 1 aromatic heterocycles. The molecule has 0 bridgehead atoms. The van der Waals surface area contributed by atoms with Crippen molar-refractivity contribution in [1.82, 2.24) is 4.98 Å². The third-order valence-corrected chi connectivity index (χ3v) is 4.45. The van der Waals surface area contributed by atoms with Crippen LogP contribution in [0, 0.1) is 0 Å². The molecule has 2 aromatic carbocycles. The van der Waals surface area contributed by atoms with Gasteiger partial charge in [0.05, 0.1) is 20.5 Å². The van der Waals surface area contributed by atoms with E-state index in [0.29, 0.717) is 16.5 Å². The van der Waals surface area contributed by atoms with Gasteiger partial charge < -0.3 is 13.9 Å². The minimum absolute atomic E-state index is 0.374. The monoisotopic (exact) mass is 355 g/mol. The Balaban J connectivity index is 1.85. The van der Waals surface area contributed by atoms with Crippen LogP contribution in [0.3, 0.4) is 0 Å². The van der Waals surface area contributed by atoms with Crippen LogP contribution in [0.5, 0.6) is 0 Å². The highest BCUT2D eigenvalue weighted by molar-refractivity contribution is 7.98. The Morgan fingerprint density at radius 3 is 2.68 bits per heavy atom. The van der Waals surface area contributed by atoms with Gasteiger partial charge in [0, 0.05) is 5.75 Å². The summed E-state index contributed by atoms with van der Waals surface area (Å²) >= 11 is 1.47. The van der Waals surface area contributed by atoms with Crippen molar-refractivity contribution < 1.29 is 18.7 Å². The van der Waals surface area contributed by atoms with E-state index in [-0.39, 0.29) is 0 Å². The molecule has 0 atom stereocenters. The van der Waals surface area contributed by atoms with Crippen LogP contribution in [0.1, 0.15) is 11.1 Å². The second-order valence-electron chi connectivity index (χ2n) is 5.15. The van der Waals surface area contributed by atoms with Crippen molar-refractivity contribution in [2.45, 2.75) is 11.0 Å². The number of rotatable bonds is 6. The van der Waals surface area contributed by atoms with Gasteiger partial charge in [0.2, 0.25) is 0 Å². The minimum atomic E-state index is -0.443. The Bertz CT molecular complexity index is 883. The fourth-order valence-corrected chi connectivity index (χ4v) is 3.25. The molecule has 25 heavy (non-hydrogen) atoms. The lowest BCUT2D eigenvalue weighted by molar-refractivity contribution is -0.133. The molecule has 0 unspecified atom stereocenters. The van der Waals surface area contributed by atoms with Crippen LogP contribution in [0.25, 0.3) is 16.7 Å². The van der Waals surface area contributed by atoms with E-state index in [1.54, 1.807) is 0 Å². The number of carbonyl (C=O) groups is 1. The number of aromatic nitrogens is 1. The Morgan fingerprint density at radius 1 is 1.16 bits per heavy atom. The molecule has 128 valence electrons. The lowest BCUT2D eigenvalue weighted by Gasteiger charge is -2.10. The molecule has 3 rings (SSSR count). The van der Waals surface area contributed by atoms with Gasteiger partial charge in [0.15, 0.2) is 5.58 Å². The van der Waals surface area contributed by atoms with E-state index in [2.05, 4.69) is 4.98 Å². The van der Waals surface area contributed by atoms with E-state index in [1.807, 2.05) is 48.5 Å². The third-order valence-electron chi connectivity index (χ3n) is 3.57. The lowest BCUT2D eigenvalue weighted by atomic mass is 10.0. The van der Waals surface area contributed by atoms with Crippen molar-refractivity contribution in [1.29, 1.82) is 0 Å². The molecule has 3 aromatic rings. The van der Waals surface area contributed by atoms with Crippen LogP contribution in [0.15, 0.2) is 64.4 Å². The molecular formula is C19H17NO4S. The van der Waals surface area contributed by atoms with Crippen molar-refractivity contribution in [3.8, 4) is 0 Å². The number of hydrogen-bond donors (Lipinski definition) is 0. The summed E-state index contributed by atoms with van der Waals surface area (Å²) in [4.78, 5) is 16.5. The Kier molecular flexibility index (Phi) is 5.40. The zero-order chi connectivity index (χ0) is 17.6. The number of esters is 1. The number of carbonyl (C=O) groups excluding carboxylic acids is 1. The molecule has 0 saturated heterocycles. The van der Waals surface area contributed by atoms with Crippen molar-refractivity contribution in [2.75, 3.05) is 14.2 Å². The maximum Gasteiger partial charge on any atom is 0.341 e. The van der Waals surface area contributed by atoms with Gasteiger partial charge in [-0.3, -0.25) is 0 Å². The summed E-state index contributed by atoms with van der Waals surface area (Å²) in [6, 6.07) is 15.2. The number of fused-ring (bicyclic) bond motifs is 1. The number of para-hydroxylation sites is 2. The van der Waals surface area contributed by atoms with Gasteiger partial charge in [0.1, 0.15) is 11.1 Å². The maximum absolute atomic E-state index is 12.0. The van der Waals surface area contributed by atoms with Gasteiger partial charge >= 0.3 is 5.97 Å². The van der Waals surface area contributed by atoms with Crippen molar-refractivity contribution in [3.63, 3.8) is 0 Å². The van der Waals surface area contributed by atoms with Crippen LogP contribution in [-0.2, 0) is 20.0 Å². The van der Waals surface area contributed by atoms with Crippen molar-refractivity contribution in [2.24, 2.45) is 0 Å². The summed E-state index contributed by atoms with van der Waals surface area (Å²) in [7, 11) is 2.85. The largest absolute Gasteiger partial charge is 0.503 e. The van der Waals surface area contributed by atoms with Gasteiger partial charge in [-0.1, -0.05) is 48.2 Å². The van der Waals surface area contributed by atoms with Gasteiger partial charge in [-0.15, -0.1) is 0 Å². The van der Waals surface area contributed by atoms with E-state index < -0.39 is 5.97 Å². The van der Waals surface area contributed by atoms with Crippen LogP contribution < -0.4 is 0 Å². The summed E-state index contributed by atoms with van der Waals surface area (Å²) in [5, 5.41) is 0.589. The smallest absolute Gasteiger partial charge is 0.341 e. The Hall–Kier alpha value is -2.73. The first kappa shape index (κ1) is 17.1. The summed E-state index contributed by atoms with van der Waals surface area (Å²) in [5.74, 6) is 0.155. The number of thioether (sulfide) groups is 1. The van der Waals surface area contributed by atoms with Gasteiger partial charge in [-0.05, 0) is 23.3 Å². The SMILES string of the molecule is CO/C=C(/C(=O)OC)c1ccccc1CSc1nc2ccccc2o1. The van der Waals surface area contributed by atoms with E-state index >= 15 is 0 Å². The highest BCUT2D eigenvalue weighted by Crippen LogP contribution is 2.29. The van der Waals surface area contributed by atoms with E-state index in [9.17, 15) is 4.79 Å². The number of benzene rings is 2. The molecule has 0 N–H and O–H groups in total. The quantitative estimate of drug-likeness (QED) is 0.285. The first-order chi connectivity index (χ1) is 12.2. The number of hydrogen-bond acceptors (Lipinski definition) is 6. The van der Waals surface area contributed by atoms with E-state index in [0.717, 1.165) is 22.2 Å². The number of methoxy groups -OCH3 is 2. The standard InChI is InChI=1S/C19H17NO4S/c1-22-11-15(18(21)23-2)14-8-4-3-7-13(14)12-25-19-20-16-9-5-6-10-17(16)24-19/h3-11H,12H2,1-2H3/b15-11+. The number of ether oxygens (including phenoxy) is 2. The predicted octanol–water partition coefficient (Wildman–Crippen LogP) is 4.28. The van der Waals surface area contributed by atoms with Crippen LogP contribution >= 0.6 is 11.8 Å². The maximum atomic E-state index is 12.0. The molecule has 5 nitrogen and oxygen atoms in total. The normalized spacial score (nSPS) is 11.5. The summed E-state index contributed by atoms with van der Waals surface area (Å²) in [6.45, 7) is 0. The van der Waals surface area contributed by atoms with Gasteiger partial charge in [-0.2, -0.15) is 0 Å². The summed E-state index contributed by atoms with van der Waals surface area (Å²) in [5.41, 5.74) is 3.68. The molecule has 0 radical (unpaired) electrons. The van der Waals surface area contributed by atoms with Gasteiger partial charge in [0.25, 0.3) is 5.22 Å². The first-order valence-electron chi connectivity index (χ1n) is 7.61. The number of nitrogens with zero attached hydrogens (tertiary/aromatic N) is 1. The van der Waals surface area contributed by atoms with E-state index in [1.165, 1.54) is 32.2 Å². The second kappa shape index (κ2) is 7.90.